The zero-order valence-electron chi connectivity index (χ0n) is 7.81. The molecular formula is C8H7N3O4. The number of esters is 1. The van der Waals surface area contributed by atoms with Crippen LogP contribution >= 0.6 is 0 Å². The van der Waals surface area contributed by atoms with Crippen molar-refractivity contribution < 1.29 is 9.53 Å². The minimum absolute atomic E-state index is 0.237. The number of methoxy groups -OCH3 is 1. The number of nitriles is 1. The molecule has 0 aliphatic carbocycles. The molecule has 0 saturated heterocycles. The summed E-state index contributed by atoms with van der Waals surface area (Å²) in [7, 11) is 1.17. The van der Waals surface area contributed by atoms with E-state index in [0.717, 1.165) is 10.8 Å². The number of H-pyrrole nitrogens is 1. The lowest BCUT2D eigenvalue weighted by molar-refractivity contribution is -0.141. The standard InChI is InChI=1S/C8H7N3O4/c1-15-6(12)4-11-3-5(2-9)7(13)10-8(11)14/h3H,4H2,1H3,(H,10,13,14). The SMILES string of the molecule is COC(=O)Cn1cc(C#N)c(=O)[nH]c1=O. The van der Waals surface area contributed by atoms with Crippen molar-refractivity contribution in [1.29, 1.82) is 5.26 Å². The minimum atomic E-state index is -0.774. The average molecular weight is 209 g/mol. The molecule has 0 saturated carbocycles. The smallest absolute Gasteiger partial charge is 0.328 e. The average Bonchev–Trinajstić information content (AvgIpc) is 2.21. The van der Waals surface area contributed by atoms with Gasteiger partial charge in [0.25, 0.3) is 5.56 Å². The van der Waals surface area contributed by atoms with Crippen LogP contribution in [0, 0.1) is 11.3 Å². The van der Waals surface area contributed by atoms with E-state index in [-0.39, 0.29) is 12.1 Å². The number of aromatic amines is 1. The van der Waals surface area contributed by atoms with Gasteiger partial charge in [-0.1, -0.05) is 0 Å². The zero-order valence-corrected chi connectivity index (χ0v) is 7.81. The maximum absolute atomic E-state index is 11.1. The number of carbonyl (C=O) groups is 1. The van der Waals surface area contributed by atoms with Gasteiger partial charge in [0.05, 0.1) is 7.11 Å². The van der Waals surface area contributed by atoms with Crippen LogP contribution in [0.5, 0.6) is 0 Å². The Morgan fingerprint density at radius 2 is 2.33 bits per heavy atom. The fourth-order valence-corrected chi connectivity index (χ4v) is 0.910. The Hall–Kier alpha value is -2.36. The Labute approximate surface area is 83.5 Å². The van der Waals surface area contributed by atoms with Crippen molar-refractivity contribution in [2.24, 2.45) is 0 Å². The van der Waals surface area contributed by atoms with Crippen molar-refractivity contribution in [1.82, 2.24) is 9.55 Å². The van der Waals surface area contributed by atoms with Crippen LogP contribution in [-0.4, -0.2) is 22.6 Å². The normalized spacial score (nSPS) is 9.33. The van der Waals surface area contributed by atoms with Crippen LogP contribution in [0.3, 0.4) is 0 Å². The van der Waals surface area contributed by atoms with E-state index < -0.39 is 17.2 Å². The van der Waals surface area contributed by atoms with Crippen LogP contribution in [-0.2, 0) is 16.1 Å². The van der Waals surface area contributed by atoms with Crippen LogP contribution in [0.2, 0.25) is 0 Å². The summed E-state index contributed by atoms with van der Waals surface area (Å²) < 4.78 is 5.23. The van der Waals surface area contributed by atoms with Crippen molar-refractivity contribution in [3.05, 3.63) is 32.6 Å². The number of aromatic nitrogens is 2. The van der Waals surface area contributed by atoms with Gasteiger partial charge in [-0.25, -0.2) is 4.79 Å². The first-order chi connectivity index (χ1) is 7.08. The maximum atomic E-state index is 11.1. The van der Waals surface area contributed by atoms with Crippen LogP contribution < -0.4 is 11.2 Å². The van der Waals surface area contributed by atoms with E-state index in [4.69, 9.17) is 5.26 Å². The first kappa shape index (κ1) is 10.7. The predicted octanol–water partition coefficient (Wildman–Crippen LogP) is -1.42. The van der Waals surface area contributed by atoms with Crippen LogP contribution in [0.1, 0.15) is 5.56 Å². The predicted molar refractivity (Wildman–Crippen MR) is 48.1 cm³/mol. The molecule has 0 radical (unpaired) electrons. The number of nitrogens with zero attached hydrogens (tertiary/aromatic N) is 2. The van der Waals surface area contributed by atoms with Gasteiger partial charge >= 0.3 is 11.7 Å². The van der Waals surface area contributed by atoms with Gasteiger partial charge in [0.2, 0.25) is 0 Å². The molecule has 0 aliphatic rings. The summed E-state index contributed by atoms with van der Waals surface area (Å²) in [5, 5.41) is 8.52. The van der Waals surface area contributed by atoms with Crippen LogP contribution in [0.15, 0.2) is 15.8 Å². The van der Waals surface area contributed by atoms with Gasteiger partial charge in [0.1, 0.15) is 18.2 Å². The van der Waals surface area contributed by atoms with E-state index in [2.05, 4.69) is 4.74 Å². The largest absolute Gasteiger partial charge is 0.468 e. The lowest BCUT2D eigenvalue weighted by Crippen LogP contribution is -2.33. The van der Waals surface area contributed by atoms with Crippen molar-refractivity contribution in [3.8, 4) is 6.07 Å². The van der Waals surface area contributed by atoms with Gasteiger partial charge in [-0.15, -0.1) is 0 Å². The number of nitrogens with one attached hydrogen (secondary N) is 1. The molecule has 0 amide bonds. The van der Waals surface area contributed by atoms with Crippen LogP contribution in [0.25, 0.3) is 0 Å². The summed E-state index contributed by atoms with van der Waals surface area (Å²) in [4.78, 5) is 34.9. The molecule has 0 fully saturated rings. The topological polar surface area (TPSA) is 105 Å². The molecule has 0 aromatic carbocycles. The molecule has 1 rings (SSSR count). The molecule has 0 bridgehead atoms. The van der Waals surface area contributed by atoms with Gasteiger partial charge < -0.3 is 4.74 Å². The molecule has 78 valence electrons. The second kappa shape index (κ2) is 4.23. The monoisotopic (exact) mass is 209 g/mol. The summed E-state index contributed by atoms with van der Waals surface area (Å²) in [6.07, 6.45) is 1.01. The summed E-state index contributed by atoms with van der Waals surface area (Å²) in [5.74, 6) is -0.645. The maximum Gasteiger partial charge on any atom is 0.328 e. The fourth-order valence-electron chi connectivity index (χ4n) is 0.910. The lowest BCUT2D eigenvalue weighted by Gasteiger charge is -2.02. The molecule has 7 nitrogen and oxygen atoms in total. The number of carbonyl (C=O) groups excluding carboxylic acids is 1. The van der Waals surface area contributed by atoms with Crippen LogP contribution in [0.4, 0.5) is 0 Å². The molecule has 0 atom stereocenters. The summed E-state index contributed by atoms with van der Waals surface area (Å²) in [6, 6.07) is 1.60. The van der Waals surface area contributed by atoms with Gasteiger partial charge in [0, 0.05) is 6.20 Å². The second-order valence-electron chi connectivity index (χ2n) is 2.62. The Balaban J connectivity index is 3.21. The Morgan fingerprint density at radius 1 is 1.67 bits per heavy atom. The molecule has 0 unspecified atom stereocenters. The minimum Gasteiger partial charge on any atom is -0.468 e. The first-order valence-corrected chi connectivity index (χ1v) is 3.89. The van der Waals surface area contributed by atoms with E-state index in [1.807, 2.05) is 4.98 Å². The number of hydrogen-bond acceptors (Lipinski definition) is 5. The number of hydrogen-bond donors (Lipinski definition) is 1. The molecule has 1 aromatic heterocycles. The highest BCUT2D eigenvalue weighted by molar-refractivity contribution is 5.68. The van der Waals surface area contributed by atoms with Gasteiger partial charge in [-0.2, -0.15) is 5.26 Å². The van der Waals surface area contributed by atoms with Crippen molar-refractivity contribution in [2.75, 3.05) is 7.11 Å². The van der Waals surface area contributed by atoms with Gasteiger partial charge in [0.15, 0.2) is 0 Å². The van der Waals surface area contributed by atoms with Crippen molar-refractivity contribution in [2.45, 2.75) is 6.54 Å². The highest BCUT2D eigenvalue weighted by Gasteiger charge is 2.07. The second-order valence-corrected chi connectivity index (χ2v) is 2.62. The number of ether oxygens (including phenoxy) is 1. The summed E-state index contributed by atoms with van der Waals surface area (Å²) in [6.45, 7) is -0.346. The zero-order chi connectivity index (χ0) is 11.4. The first-order valence-electron chi connectivity index (χ1n) is 3.89. The van der Waals surface area contributed by atoms with Crippen molar-refractivity contribution in [3.63, 3.8) is 0 Å². The van der Waals surface area contributed by atoms with E-state index in [1.54, 1.807) is 6.07 Å². The molecule has 1 heterocycles. The van der Waals surface area contributed by atoms with E-state index in [9.17, 15) is 14.4 Å². The third-order valence-corrected chi connectivity index (χ3v) is 1.66. The molecule has 1 aromatic rings. The highest BCUT2D eigenvalue weighted by Crippen LogP contribution is 1.86. The van der Waals surface area contributed by atoms with E-state index in [0.29, 0.717) is 0 Å². The lowest BCUT2D eigenvalue weighted by atomic mass is 10.4. The quantitative estimate of drug-likeness (QED) is 0.602. The highest BCUT2D eigenvalue weighted by atomic mass is 16.5. The van der Waals surface area contributed by atoms with E-state index >= 15 is 0 Å². The molecule has 1 N–H and O–H groups in total. The Kier molecular flexibility index (Phi) is 3.03. The number of rotatable bonds is 2. The molecule has 15 heavy (non-hydrogen) atoms. The van der Waals surface area contributed by atoms with Crippen molar-refractivity contribution >= 4 is 5.97 Å². The molecule has 0 spiro atoms. The summed E-state index contributed by atoms with van der Waals surface area (Å²) >= 11 is 0. The fraction of sp³-hybridized carbons (Fsp3) is 0.250. The Bertz CT molecular complexity index is 534. The molecular weight excluding hydrogens is 202 g/mol. The molecule has 0 aliphatic heterocycles. The van der Waals surface area contributed by atoms with Gasteiger partial charge in [-0.05, 0) is 0 Å². The third kappa shape index (κ3) is 2.31. The summed E-state index contributed by atoms with van der Waals surface area (Å²) in [5.41, 5.74) is -1.77. The van der Waals surface area contributed by atoms with E-state index in [1.165, 1.54) is 7.11 Å². The Morgan fingerprint density at radius 3 is 2.87 bits per heavy atom. The molecule has 7 heteroatoms. The van der Waals surface area contributed by atoms with Gasteiger partial charge in [-0.3, -0.25) is 19.1 Å². The third-order valence-electron chi connectivity index (χ3n) is 1.66.